The first kappa shape index (κ1) is 21.1. The summed E-state index contributed by atoms with van der Waals surface area (Å²) < 4.78 is 33.8. The van der Waals surface area contributed by atoms with Gasteiger partial charge in [0.2, 0.25) is 15.9 Å². The van der Waals surface area contributed by atoms with Gasteiger partial charge in [0.1, 0.15) is 22.4 Å². The van der Waals surface area contributed by atoms with Crippen LogP contribution in [-0.4, -0.2) is 34.6 Å². The van der Waals surface area contributed by atoms with Crippen molar-refractivity contribution < 1.29 is 22.7 Å². The summed E-state index contributed by atoms with van der Waals surface area (Å²) in [6.45, 7) is 0.393. The predicted octanol–water partition coefficient (Wildman–Crippen LogP) is 0.575. The standard InChI is InChI=1S/C19H24N4O5S/c1-27-14-6-3-12(4-7-14)11-21-19(24)16-10-15(22-23-16)13-5-8-17(28-2)18(9-13)29(20,25)26/h3-9,15-16,22-23H,10-11H2,1-2H3,(H,21,24)(H2,20,25,26). The van der Waals surface area contributed by atoms with E-state index in [1.807, 2.05) is 24.3 Å². The van der Waals surface area contributed by atoms with Gasteiger partial charge in [-0.05, 0) is 41.8 Å². The second kappa shape index (κ2) is 8.78. The minimum Gasteiger partial charge on any atom is -0.497 e. The molecule has 2 aromatic carbocycles. The molecule has 2 unspecified atom stereocenters. The number of nitrogens with one attached hydrogen (secondary N) is 3. The zero-order valence-electron chi connectivity index (χ0n) is 16.1. The Balaban J connectivity index is 1.62. The van der Waals surface area contributed by atoms with E-state index in [1.54, 1.807) is 19.2 Å². The molecule has 1 heterocycles. The van der Waals surface area contributed by atoms with E-state index in [0.717, 1.165) is 11.3 Å². The Morgan fingerprint density at radius 2 is 1.86 bits per heavy atom. The summed E-state index contributed by atoms with van der Waals surface area (Å²) in [4.78, 5) is 12.4. The van der Waals surface area contributed by atoms with Gasteiger partial charge in [-0.1, -0.05) is 18.2 Å². The van der Waals surface area contributed by atoms with E-state index >= 15 is 0 Å². The van der Waals surface area contributed by atoms with Crippen LogP contribution in [-0.2, 0) is 21.4 Å². The lowest BCUT2D eigenvalue weighted by molar-refractivity contribution is -0.123. The van der Waals surface area contributed by atoms with Crippen LogP contribution in [0.25, 0.3) is 0 Å². The first-order chi connectivity index (χ1) is 13.8. The Hall–Kier alpha value is -2.66. The predicted molar refractivity (Wildman–Crippen MR) is 107 cm³/mol. The van der Waals surface area contributed by atoms with Crippen LogP contribution in [0.5, 0.6) is 11.5 Å². The Bertz CT molecular complexity index is 979. The number of hydrogen-bond acceptors (Lipinski definition) is 7. The number of hydrogen-bond donors (Lipinski definition) is 4. The van der Waals surface area contributed by atoms with Gasteiger partial charge >= 0.3 is 0 Å². The molecule has 1 amide bonds. The van der Waals surface area contributed by atoms with E-state index in [-0.39, 0.29) is 22.6 Å². The number of carbonyl (C=O) groups excluding carboxylic acids is 1. The average Bonchev–Trinajstić information content (AvgIpc) is 3.21. The second-order valence-corrected chi connectivity index (χ2v) is 8.18. The molecule has 29 heavy (non-hydrogen) atoms. The number of amides is 1. The first-order valence-electron chi connectivity index (χ1n) is 8.94. The van der Waals surface area contributed by atoms with Crippen molar-refractivity contribution in [3.63, 3.8) is 0 Å². The molecule has 1 aliphatic heterocycles. The van der Waals surface area contributed by atoms with Gasteiger partial charge in [0.15, 0.2) is 0 Å². The van der Waals surface area contributed by atoms with Crippen LogP contribution >= 0.6 is 0 Å². The van der Waals surface area contributed by atoms with Crippen molar-refractivity contribution >= 4 is 15.9 Å². The molecule has 0 radical (unpaired) electrons. The van der Waals surface area contributed by atoms with Gasteiger partial charge in [-0.2, -0.15) is 0 Å². The largest absolute Gasteiger partial charge is 0.497 e. The van der Waals surface area contributed by atoms with Crippen LogP contribution in [0.15, 0.2) is 47.4 Å². The number of carbonyl (C=O) groups is 1. The fourth-order valence-electron chi connectivity index (χ4n) is 3.13. The highest BCUT2D eigenvalue weighted by molar-refractivity contribution is 7.89. The zero-order valence-corrected chi connectivity index (χ0v) is 17.0. The maximum absolute atomic E-state index is 12.5. The minimum absolute atomic E-state index is 0.0910. The molecule has 10 heteroatoms. The highest BCUT2D eigenvalue weighted by atomic mass is 32.2. The maximum Gasteiger partial charge on any atom is 0.241 e. The number of benzene rings is 2. The molecule has 156 valence electrons. The topological polar surface area (TPSA) is 132 Å². The van der Waals surface area contributed by atoms with Crippen LogP contribution in [0.3, 0.4) is 0 Å². The van der Waals surface area contributed by atoms with Crippen molar-refractivity contribution in [3.05, 3.63) is 53.6 Å². The van der Waals surface area contributed by atoms with Gasteiger partial charge < -0.3 is 14.8 Å². The van der Waals surface area contributed by atoms with Crippen LogP contribution in [0.4, 0.5) is 0 Å². The molecule has 1 saturated heterocycles. The Kier molecular flexibility index (Phi) is 6.38. The van der Waals surface area contributed by atoms with Crippen LogP contribution in [0, 0.1) is 0 Å². The molecular formula is C19H24N4O5S. The van der Waals surface area contributed by atoms with E-state index < -0.39 is 16.1 Å². The number of nitrogens with two attached hydrogens (primary N) is 1. The molecule has 5 N–H and O–H groups in total. The molecule has 2 aromatic rings. The molecule has 0 aromatic heterocycles. The molecule has 0 saturated carbocycles. The molecule has 9 nitrogen and oxygen atoms in total. The molecule has 1 fully saturated rings. The quantitative estimate of drug-likeness (QED) is 0.515. The Morgan fingerprint density at radius 3 is 2.48 bits per heavy atom. The van der Waals surface area contributed by atoms with Gasteiger partial charge in [0.05, 0.1) is 14.2 Å². The summed E-state index contributed by atoms with van der Waals surface area (Å²) in [6.07, 6.45) is 0.449. The SMILES string of the molecule is COc1ccc(CNC(=O)C2CC(c3ccc(OC)c(S(N)(=O)=O)c3)NN2)cc1. The highest BCUT2D eigenvalue weighted by Gasteiger charge is 2.31. The summed E-state index contributed by atoms with van der Waals surface area (Å²) in [5.41, 5.74) is 7.62. The molecule has 2 atom stereocenters. The molecule has 0 bridgehead atoms. The lowest BCUT2D eigenvalue weighted by Crippen LogP contribution is -2.42. The summed E-state index contributed by atoms with van der Waals surface area (Å²) in [7, 11) is -0.958. The maximum atomic E-state index is 12.5. The van der Waals surface area contributed by atoms with Crippen LogP contribution < -0.4 is 30.8 Å². The van der Waals surface area contributed by atoms with Gasteiger partial charge in [0.25, 0.3) is 0 Å². The third-order valence-electron chi connectivity index (χ3n) is 4.74. The first-order valence-corrected chi connectivity index (χ1v) is 10.5. The summed E-state index contributed by atoms with van der Waals surface area (Å²) in [6, 6.07) is 11.5. The van der Waals surface area contributed by atoms with Gasteiger partial charge in [-0.25, -0.2) is 24.4 Å². The summed E-state index contributed by atoms with van der Waals surface area (Å²) >= 11 is 0. The Morgan fingerprint density at radius 1 is 1.14 bits per heavy atom. The number of rotatable bonds is 7. The van der Waals surface area contributed by atoms with Gasteiger partial charge in [-0.15, -0.1) is 0 Å². The fourth-order valence-corrected chi connectivity index (χ4v) is 3.87. The van der Waals surface area contributed by atoms with Crippen molar-refractivity contribution in [1.29, 1.82) is 0 Å². The average molecular weight is 420 g/mol. The van der Waals surface area contributed by atoms with Crippen molar-refractivity contribution in [2.75, 3.05) is 14.2 Å². The third-order valence-corrected chi connectivity index (χ3v) is 5.67. The monoisotopic (exact) mass is 420 g/mol. The van der Waals surface area contributed by atoms with Crippen molar-refractivity contribution in [3.8, 4) is 11.5 Å². The number of ether oxygens (including phenoxy) is 2. The number of sulfonamides is 1. The van der Waals surface area contributed by atoms with Crippen LogP contribution in [0.1, 0.15) is 23.6 Å². The van der Waals surface area contributed by atoms with Crippen molar-refractivity contribution in [1.82, 2.24) is 16.2 Å². The number of primary sulfonamides is 1. The minimum atomic E-state index is -3.93. The molecule has 1 aliphatic rings. The van der Waals surface area contributed by atoms with E-state index in [4.69, 9.17) is 14.6 Å². The van der Waals surface area contributed by atoms with Gasteiger partial charge in [-0.3, -0.25) is 4.79 Å². The van der Waals surface area contributed by atoms with Gasteiger partial charge in [0, 0.05) is 12.6 Å². The zero-order chi connectivity index (χ0) is 21.0. The number of hydrazine groups is 1. The summed E-state index contributed by atoms with van der Waals surface area (Å²) in [5, 5.41) is 8.16. The molecular weight excluding hydrogens is 396 g/mol. The summed E-state index contributed by atoms with van der Waals surface area (Å²) in [5.74, 6) is 0.773. The molecule has 3 rings (SSSR count). The number of methoxy groups -OCH3 is 2. The van der Waals surface area contributed by atoms with Crippen molar-refractivity contribution in [2.24, 2.45) is 5.14 Å². The lowest BCUT2D eigenvalue weighted by atomic mass is 10.0. The highest BCUT2D eigenvalue weighted by Crippen LogP contribution is 2.29. The third kappa shape index (κ3) is 5.04. The smallest absolute Gasteiger partial charge is 0.241 e. The van der Waals surface area contributed by atoms with E-state index in [9.17, 15) is 13.2 Å². The van der Waals surface area contributed by atoms with E-state index in [2.05, 4.69) is 16.2 Å². The van der Waals surface area contributed by atoms with E-state index in [1.165, 1.54) is 13.2 Å². The molecule has 0 spiro atoms. The normalized spacial score (nSPS) is 19.0. The lowest BCUT2D eigenvalue weighted by Gasteiger charge is -2.13. The second-order valence-electron chi connectivity index (χ2n) is 6.65. The van der Waals surface area contributed by atoms with Crippen LogP contribution in [0.2, 0.25) is 0 Å². The Labute approximate surface area is 169 Å². The van der Waals surface area contributed by atoms with Crippen molar-refractivity contribution in [2.45, 2.75) is 29.9 Å². The van der Waals surface area contributed by atoms with E-state index in [0.29, 0.717) is 18.5 Å². The fraction of sp³-hybridized carbons (Fsp3) is 0.316. The molecule has 0 aliphatic carbocycles.